The molecule has 1 saturated carbocycles. The van der Waals surface area contributed by atoms with E-state index in [0.29, 0.717) is 5.92 Å². The van der Waals surface area contributed by atoms with Gasteiger partial charge in [0.25, 0.3) is 5.91 Å². The Labute approximate surface area is 182 Å². The Morgan fingerprint density at radius 3 is 2.65 bits per heavy atom. The van der Waals surface area contributed by atoms with Crippen LogP contribution in [0.3, 0.4) is 0 Å². The van der Waals surface area contributed by atoms with Crippen LogP contribution in [0.5, 0.6) is 11.5 Å². The Hall–Kier alpha value is -2.84. The fourth-order valence-electron chi connectivity index (χ4n) is 3.34. The molecule has 1 fully saturated rings. The first-order valence-electron chi connectivity index (χ1n) is 10.6. The molecule has 1 heterocycles. The van der Waals surface area contributed by atoms with E-state index in [9.17, 15) is 14.4 Å². The molecule has 1 amide bonds. The van der Waals surface area contributed by atoms with E-state index in [1.54, 1.807) is 0 Å². The quantitative estimate of drug-likeness (QED) is 0.371. The predicted octanol–water partition coefficient (Wildman–Crippen LogP) is 2.87. The number of esters is 2. The molecule has 0 aliphatic heterocycles. The monoisotopic (exact) mass is 436 g/mol. The van der Waals surface area contributed by atoms with Gasteiger partial charge in [-0.05, 0) is 31.6 Å². The van der Waals surface area contributed by atoms with Gasteiger partial charge in [-0.1, -0.05) is 26.2 Å². The van der Waals surface area contributed by atoms with Gasteiger partial charge in [0.05, 0.1) is 13.2 Å². The van der Waals surface area contributed by atoms with Gasteiger partial charge < -0.3 is 24.3 Å². The molecule has 0 bridgehead atoms. The average molecular weight is 437 g/mol. The van der Waals surface area contributed by atoms with Crippen LogP contribution in [-0.4, -0.2) is 49.4 Å². The first-order chi connectivity index (χ1) is 14.8. The fourth-order valence-corrected chi connectivity index (χ4v) is 3.34. The van der Waals surface area contributed by atoms with Gasteiger partial charge in [0, 0.05) is 19.2 Å². The lowest BCUT2D eigenvalue weighted by atomic mass is 9.93. The highest BCUT2D eigenvalue weighted by atomic mass is 16.7. The Kier molecular flexibility index (Phi) is 9.55. The van der Waals surface area contributed by atoms with E-state index in [-0.39, 0.29) is 29.8 Å². The van der Waals surface area contributed by atoms with Crippen molar-refractivity contribution in [2.75, 3.05) is 20.4 Å². The number of ether oxygens (including phenoxy) is 4. The summed E-state index contributed by atoms with van der Waals surface area (Å²) in [6.45, 7) is 4.56. The van der Waals surface area contributed by atoms with E-state index in [1.807, 2.05) is 6.92 Å². The summed E-state index contributed by atoms with van der Waals surface area (Å²) in [7, 11) is 1.40. The van der Waals surface area contributed by atoms with Crippen LogP contribution in [0.25, 0.3) is 0 Å². The predicted molar refractivity (Wildman–Crippen MR) is 112 cm³/mol. The Morgan fingerprint density at radius 1 is 1.29 bits per heavy atom. The molecule has 0 spiro atoms. The maximum atomic E-state index is 12.5. The SMILES string of the molecule is CC[C@H](CC1CC1)CC(C)OC(=O)CNC(=O)c1nccc(OC)c1OCOC(C)=O. The Balaban J connectivity index is 1.87. The van der Waals surface area contributed by atoms with Crippen molar-refractivity contribution in [3.63, 3.8) is 0 Å². The zero-order valence-corrected chi connectivity index (χ0v) is 18.6. The highest BCUT2D eigenvalue weighted by molar-refractivity contribution is 5.97. The second-order valence-electron chi connectivity index (χ2n) is 7.76. The minimum atomic E-state index is -0.638. The molecule has 2 atom stereocenters. The number of nitrogens with one attached hydrogen (secondary N) is 1. The van der Waals surface area contributed by atoms with Crippen molar-refractivity contribution >= 4 is 17.8 Å². The number of nitrogens with zero attached hydrogens (tertiary/aromatic N) is 1. The number of pyridine rings is 1. The van der Waals surface area contributed by atoms with Gasteiger partial charge in [0.15, 0.2) is 17.2 Å². The van der Waals surface area contributed by atoms with Crippen molar-refractivity contribution in [2.24, 2.45) is 11.8 Å². The Bertz CT molecular complexity index is 764. The van der Waals surface area contributed by atoms with Crippen LogP contribution in [0.4, 0.5) is 0 Å². The number of hydrogen-bond acceptors (Lipinski definition) is 8. The zero-order chi connectivity index (χ0) is 22.8. The molecule has 2 rings (SSSR count). The maximum absolute atomic E-state index is 12.5. The molecule has 1 unspecified atom stereocenters. The molecule has 9 nitrogen and oxygen atoms in total. The molecule has 1 N–H and O–H groups in total. The third kappa shape index (κ3) is 8.43. The third-order valence-corrected chi connectivity index (χ3v) is 5.10. The molecule has 9 heteroatoms. The highest BCUT2D eigenvalue weighted by Crippen LogP contribution is 2.37. The van der Waals surface area contributed by atoms with Gasteiger partial charge >= 0.3 is 11.9 Å². The third-order valence-electron chi connectivity index (χ3n) is 5.10. The lowest BCUT2D eigenvalue weighted by Gasteiger charge is -2.20. The highest BCUT2D eigenvalue weighted by Gasteiger charge is 2.26. The van der Waals surface area contributed by atoms with Crippen LogP contribution in [0.2, 0.25) is 0 Å². The van der Waals surface area contributed by atoms with Crippen molar-refractivity contribution in [1.82, 2.24) is 10.3 Å². The number of aromatic nitrogens is 1. The van der Waals surface area contributed by atoms with Crippen molar-refractivity contribution in [2.45, 2.75) is 59.0 Å². The van der Waals surface area contributed by atoms with Crippen LogP contribution in [0.1, 0.15) is 63.4 Å². The van der Waals surface area contributed by atoms with Crippen molar-refractivity contribution < 1.29 is 33.3 Å². The van der Waals surface area contributed by atoms with Crippen LogP contribution in [-0.2, 0) is 19.1 Å². The number of carbonyl (C=O) groups excluding carboxylic acids is 3. The number of amides is 1. The van der Waals surface area contributed by atoms with Gasteiger partial charge in [-0.15, -0.1) is 0 Å². The summed E-state index contributed by atoms with van der Waals surface area (Å²) in [5.41, 5.74) is -0.0946. The zero-order valence-electron chi connectivity index (χ0n) is 18.6. The summed E-state index contributed by atoms with van der Waals surface area (Å²) in [6.07, 6.45) is 6.84. The number of rotatable bonds is 13. The van der Waals surface area contributed by atoms with E-state index in [1.165, 1.54) is 45.6 Å². The van der Waals surface area contributed by atoms with Crippen molar-refractivity contribution in [1.29, 1.82) is 0 Å². The topological polar surface area (TPSA) is 113 Å². The first kappa shape index (κ1) is 24.4. The lowest BCUT2D eigenvalue weighted by Crippen LogP contribution is -2.33. The molecule has 31 heavy (non-hydrogen) atoms. The van der Waals surface area contributed by atoms with Crippen molar-refractivity contribution in [3.8, 4) is 11.5 Å². The molecule has 0 saturated heterocycles. The molecule has 0 aromatic carbocycles. The Morgan fingerprint density at radius 2 is 2.03 bits per heavy atom. The molecular formula is C22H32N2O7. The largest absolute Gasteiger partial charge is 0.493 e. The standard InChI is InChI=1S/C22H32N2O7/c1-5-16(11-17-6-7-17)10-14(2)31-19(26)12-24-22(27)20-21(30-13-29-15(3)25)18(28-4)8-9-23-20/h8-9,14,16-17H,5-7,10-13H2,1-4H3,(H,24,27)/t14?,16-/m0/s1. The van der Waals surface area contributed by atoms with Gasteiger partial charge in [0.2, 0.25) is 6.79 Å². The normalized spacial score (nSPS) is 14.8. The average Bonchev–Trinajstić information content (AvgIpc) is 3.55. The number of carbonyl (C=O) groups is 3. The van der Waals surface area contributed by atoms with Gasteiger partial charge in [0.1, 0.15) is 6.54 Å². The molecule has 1 aliphatic carbocycles. The molecule has 1 aliphatic rings. The molecule has 1 aromatic heterocycles. The second-order valence-corrected chi connectivity index (χ2v) is 7.76. The summed E-state index contributed by atoms with van der Waals surface area (Å²) >= 11 is 0. The maximum Gasteiger partial charge on any atom is 0.325 e. The van der Waals surface area contributed by atoms with E-state index in [2.05, 4.69) is 17.2 Å². The summed E-state index contributed by atoms with van der Waals surface area (Å²) < 4.78 is 20.7. The second kappa shape index (κ2) is 12.1. The van der Waals surface area contributed by atoms with Crippen LogP contribution >= 0.6 is 0 Å². The summed E-state index contributed by atoms with van der Waals surface area (Å²) in [5, 5.41) is 2.49. The molecular weight excluding hydrogens is 404 g/mol. The van der Waals surface area contributed by atoms with E-state index in [4.69, 9.17) is 18.9 Å². The number of hydrogen-bond donors (Lipinski definition) is 1. The fraction of sp³-hybridized carbons (Fsp3) is 0.636. The van der Waals surface area contributed by atoms with Gasteiger partial charge in [-0.25, -0.2) is 4.98 Å². The summed E-state index contributed by atoms with van der Waals surface area (Å²) in [5.74, 6) is -0.0641. The van der Waals surface area contributed by atoms with Crippen molar-refractivity contribution in [3.05, 3.63) is 18.0 Å². The lowest BCUT2D eigenvalue weighted by molar-refractivity contribution is -0.148. The summed E-state index contributed by atoms with van der Waals surface area (Å²) in [4.78, 5) is 39.7. The van der Waals surface area contributed by atoms with E-state index in [0.717, 1.165) is 18.8 Å². The van der Waals surface area contributed by atoms with E-state index >= 15 is 0 Å². The summed E-state index contributed by atoms with van der Waals surface area (Å²) in [6, 6.07) is 1.50. The first-order valence-corrected chi connectivity index (χ1v) is 10.6. The minimum absolute atomic E-state index is 0.0105. The molecule has 172 valence electrons. The number of methoxy groups -OCH3 is 1. The smallest absolute Gasteiger partial charge is 0.325 e. The van der Waals surface area contributed by atoms with Gasteiger partial charge in [-0.2, -0.15) is 0 Å². The van der Waals surface area contributed by atoms with Crippen LogP contribution in [0, 0.1) is 11.8 Å². The molecule has 1 aromatic rings. The van der Waals surface area contributed by atoms with E-state index < -0.39 is 24.6 Å². The minimum Gasteiger partial charge on any atom is -0.493 e. The molecule has 0 radical (unpaired) electrons. The van der Waals surface area contributed by atoms with Gasteiger partial charge in [-0.3, -0.25) is 14.4 Å². The van der Waals surface area contributed by atoms with Crippen LogP contribution < -0.4 is 14.8 Å². The van der Waals surface area contributed by atoms with Crippen LogP contribution in [0.15, 0.2) is 12.3 Å².